The summed E-state index contributed by atoms with van der Waals surface area (Å²) in [5.41, 5.74) is 3.16. The van der Waals surface area contributed by atoms with Crippen LogP contribution in [0.2, 0.25) is 5.02 Å². The van der Waals surface area contributed by atoms with Crippen molar-refractivity contribution < 1.29 is 14.6 Å². The number of aryl methyl sites for hydroxylation is 2. The number of carboxylic acid groups (broad SMARTS) is 1. The molecule has 0 aliphatic carbocycles. The Morgan fingerprint density at radius 2 is 1.74 bits per heavy atom. The van der Waals surface area contributed by atoms with Gasteiger partial charge in [0.15, 0.2) is 0 Å². The van der Waals surface area contributed by atoms with Gasteiger partial charge in [-0.25, -0.2) is 9.59 Å². The van der Waals surface area contributed by atoms with Gasteiger partial charge < -0.3 is 9.84 Å². The number of hydrogen-bond donors (Lipinski definition) is 1. The molecule has 0 fully saturated rings. The maximum atomic E-state index is 13.5. The highest BCUT2D eigenvalue weighted by Gasteiger charge is 2.17. The van der Waals surface area contributed by atoms with Gasteiger partial charge in [0, 0.05) is 12.0 Å². The van der Waals surface area contributed by atoms with Crippen LogP contribution in [0.4, 0.5) is 0 Å². The predicted molar refractivity (Wildman–Crippen MR) is 149 cm³/mol. The van der Waals surface area contributed by atoms with Crippen molar-refractivity contribution in [1.82, 2.24) is 14.3 Å². The Bertz CT molecular complexity index is 1470. The van der Waals surface area contributed by atoms with E-state index in [1.165, 1.54) is 4.68 Å². The van der Waals surface area contributed by atoms with Gasteiger partial charge in [-0.3, -0.25) is 4.57 Å². The molecule has 3 aromatic carbocycles. The molecule has 0 amide bonds. The molecule has 0 saturated heterocycles. The third-order valence-electron chi connectivity index (χ3n) is 6.39. The van der Waals surface area contributed by atoms with E-state index in [1.54, 1.807) is 41.0 Å². The molecule has 198 valence electrons. The van der Waals surface area contributed by atoms with Crippen LogP contribution in [0.5, 0.6) is 5.75 Å². The number of rotatable bonds is 12. The number of para-hydroxylation sites is 1. The average Bonchev–Trinajstić information content (AvgIpc) is 3.22. The Hall–Kier alpha value is -3.84. The number of halogens is 1. The molecule has 4 aromatic rings. The van der Waals surface area contributed by atoms with Gasteiger partial charge in [0.2, 0.25) is 0 Å². The zero-order valence-corrected chi connectivity index (χ0v) is 22.4. The summed E-state index contributed by atoms with van der Waals surface area (Å²) in [5, 5.41) is 14.6. The second-order valence-corrected chi connectivity index (χ2v) is 9.60. The van der Waals surface area contributed by atoms with Gasteiger partial charge in [-0.1, -0.05) is 80.8 Å². The van der Waals surface area contributed by atoms with Gasteiger partial charge in [0.1, 0.15) is 18.2 Å². The van der Waals surface area contributed by atoms with Crippen LogP contribution in [0.3, 0.4) is 0 Å². The first-order chi connectivity index (χ1) is 18.4. The summed E-state index contributed by atoms with van der Waals surface area (Å²) < 4.78 is 9.19. The summed E-state index contributed by atoms with van der Waals surface area (Å²) in [7, 11) is 0. The molecule has 0 bridgehead atoms. The van der Waals surface area contributed by atoms with E-state index in [0.717, 1.165) is 42.6 Å². The van der Waals surface area contributed by atoms with Crippen LogP contribution in [-0.2, 0) is 26.0 Å². The standard InChI is InChI=1S/C30H32ClN3O4/c1-3-5-15-28-32-34(26-14-9-8-13-25(26)31)30(37)33(28)19-21-16-17-27(22(18-21)10-4-2)38-20-23-11-6-7-12-24(23)29(35)36/h6-9,11-14,16-18H,3-5,10,15,19-20H2,1-2H3,(H,35,36). The lowest BCUT2D eigenvalue weighted by Gasteiger charge is -2.14. The third-order valence-corrected chi connectivity index (χ3v) is 6.71. The van der Waals surface area contributed by atoms with Crippen molar-refractivity contribution in [1.29, 1.82) is 0 Å². The first kappa shape index (κ1) is 27.2. The Kier molecular flexibility index (Phi) is 9.02. The lowest BCUT2D eigenvalue weighted by molar-refractivity contribution is 0.0694. The van der Waals surface area contributed by atoms with Crippen molar-refractivity contribution in [3.05, 3.63) is 110 Å². The van der Waals surface area contributed by atoms with E-state index in [9.17, 15) is 14.7 Å². The highest BCUT2D eigenvalue weighted by Crippen LogP contribution is 2.25. The molecule has 1 aromatic heterocycles. The van der Waals surface area contributed by atoms with E-state index in [-0.39, 0.29) is 17.9 Å². The summed E-state index contributed by atoms with van der Waals surface area (Å²) in [6.45, 7) is 4.74. The maximum absolute atomic E-state index is 13.5. The molecule has 0 aliphatic heterocycles. The molecule has 0 unspecified atom stereocenters. The normalized spacial score (nSPS) is 11.0. The number of carbonyl (C=O) groups is 1. The molecule has 8 heteroatoms. The lowest BCUT2D eigenvalue weighted by atomic mass is 10.0. The maximum Gasteiger partial charge on any atom is 0.351 e. The molecular weight excluding hydrogens is 502 g/mol. The van der Waals surface area contributed by atoms with Crippen molar-refractivity contribution in [3.63, 3.8) is 0 Å². The van der Waals surface area contributed by atoms with Gasteiger partial charge >= 0.3 is 11.7 Å². The predicted octanol–water partition coefficient (Wildman–Crippen LogP) is 6.31. The van der Waals surface area contributed by atoms with Crippen LogP contribution >= 0.6 is 11.6 Å². The number of benzene rings is 3. The molecule has 1 N–H and O–H groups in total. The Labute approximate surface area is 227 Å². The fraction of sp³-hybridized carbons (Fsp3) is 0.300. The van der Waals surface area contributed by atoms with Crippen molar-refractivity contribution in [3.8, 4) is 11.4 Å². The number of ether oxygens (including phenoxy) is 1. The smallest absolute Gasteiger partial charge is 0.351 e. The van der Waals surface area contributed by atoms with Crippen molar-refractivity contribution in [2.75, 3.05) is 0 Å². The van der Waals surface area contributed by atoms with E-state index >= 15 is 0 Å². The molecule has 0 atom stereocenters. The first-order valence-electron chi connectivity index (χ1n) is 12.9. The van der Waals surface area contributed by atoms with Crippen LogP contribution in [0.15, 0.2) is 71.5 Å². The number of hydrogen-bond acceptors (Lipinski definition) is 4. The summed E-state index contributed by atoms with van der Waals surface area (Å²) in [5.74, 6) is 0.454. The first-order valence-corrected chi connectivity index (χ1v) is 13.3. The zero-order valence-electron chi connectivity index (χ0n) is 21.7. The number of aromatic nitrogens is 3. The largest absolute Gasteiger partial charge is 0.489 e. The Morgan fingerprint density at radius 3 is 2.47 bits per heavy atom. The van der Waals surface area contributed by atoms with E-state index in [1.807, 2.05) is 24.3 Å². The highest BCUT2D eigenvalue weighted by atomic mass is 35.5. The van der Waals surface area contributed by atoms with Gasteiger partial charge in [0.25, 0.3) is 0 Å². The number of aromatic carboxylic acids is 1. The van der Waals surface area contributed by atoms with Gasteiger partial charge in [-0.05, 0) is 48.2 Å². The zero-order chi connectivity index (χ0) is 27.1. The minimum atomic E-state index is -0.977. The van der Waals surface area contributed by atoms with E-state index in [0.29, 0.717) is 35.0 Å². The second kappa shape index (κ2) is 12.6. The summed E-state index contributed by atoms with van der Waals surface area (Å²) in [6.07, 6.45) is 4.31. The molecule has 7 nitrogen and oxygen atoms in total. The van der Waals surface area contributed by atoms with Crippen molar-refractivity contribution in [2.24, 2.45) is 0 Å². The monoisotopic (exact) mass is 533 g/mol. The molecular formula is C30H32ClN3O4. The SMILES string of the molecule is CCCCc1nn(-c2ccccc2Cl)c(=O)n1Cc1ccc(OCc2ccccc2C(=O)O)c(CCC)c1. The topological polar surface area (TPSA) is 86.4 Å². The second-order valence-electron chi connectivity index (χ2n) is 9.19. The number of unbranched alkanes of at least 4 members (excludes halogenated alkanes) is 1. The lowest BCUT2D eigenvalue weighted by Crippen LogP contribution is -2.25. The molecule has 38 heavy (non-hydrogen) atoms. The average molecular weight is 534 g/mol. The van der Waals surface area contributed by atoms with E-state index in [2.05, 4.69) is 25.0 Å². The molecule has 0 aliphatic rings. The van der Waals surface area contributed by atoms with Crippen molar-refractivity contribution >= 4 is 17.6 Å². The number of nitrogens with zero attached hydrogens (tertiary/aromatic N) is 3. The minimum absolute atomic E-state index is 0.157. The van der Waals surface area contributed by atoms with Gasteiger partial charge in [-0.15, -0.1) is 5.10 Å². The van der Waals surface area contributed by atoms with Crippen LogP contribution in [0.25, 0.3) is 5.69 Å². The summed E-state index contributed by atoms with van der Waals surface area (Å²) >= 11 is 6.38. The van der Waals surface area contributed by atoms with Crippen LogP contribution in [-0.4, -0.2) is 25.4 Å². The molecule has 1 heterocycles. The molecule has 0 saturated carbocycles. The van der Waals surface area contributed by atoms with Crippen molar-refractivity contribution in [2.45, 2.75) is 59.1 Å². The van der Waals surface area contributed by atoms with E-state index < -0.39 is 5.97 Å². The summed E-state index contributed by atoms with van der Waals surface area (Å²) in [6, 6.07) is 20.0. The third kappa shape index (κ3) is 6.17. The van der Waals surface area contributed by atoms with Gasteiger partial charge in [-0.2, -0.15) is 4.68 Å². The molecule has 0 spiro atoms. The van der Waals surface area contributed by atoms with Gasteiger partial charge in [0.05, 0.1) is 22.8 Å². The minimum Gasteiger partial charge on any atom is -0.489 e. The highest BCUT2D eigenvalue weighted by molar-refractivity contribution is 6.32. The van der Waals surface area contributed by atoms with E-state index in [4.69, 9.17) is 16.3 Å². The fourth-order valence-corrected chi connectivity index (χ4v) is 4.64. The van der Waals surface area contributed by atoms with Crippen LogP contribution < -0.4 is 10.4 Å². The number of carboxylic acids is 1. The quantitative estimate of drug-likeness (QED) is 0.231. The van der Waals surface area contributed by atoms with Crippen LogP contribution in [0, 0.1) is 0 Å². The Morgan fingerprint density at radius 1 is 0.974 bits per heavy atom. The molecule has 4 rings (SSSR count). The molecule has 0 radical (unpaired) electrons. The van der Waals surface area contributed by atoms with Crippen LogP contribution in [0.1, 0.15) is 66.0 Å². The summed E-state index contributed by atoms with van der Waals surface area (Å²) in [4.78, 5) is 25.0. The Balaban J connectivity index is 1.63. The fourth-order valence-electron chi connectivity index (χ4n) is 4.43.